The largest absolute Gasteiger partial charge is 0.481 e. The van der Waals surface area contributed by atoms with Crippen molar-refractivity contribution < 1.29 is 19.1 Å². The number of carboxylic acid groups (broad SMARTS) is 1. The van der Waals surface area contributed by atoms with Crippen LogP contribution in [0.1, 0.15) is 25.7 Å². The quantitative estimate of drug-likeness (QED) is 0.792. The number of nitrogens with one attached hydrogen (secondary N) is 1. The van der Waals surface area contributed by atoms with E-state index in [-0.39, 0.29) is 23.2 Å². The van der Waals surface area contributed by atoms with E-state index >= 15 is 0 Å². The van der Waals surface area contributed by atoms with E-state index in [1.165, 1.54) is 18.2 Å². The Morgan fingerprint density at radius 2 is 1.94 bits per heavy atom. The molecular weight excluding hydrogens is 305 g/mol. The fourth-order valence-electron chi connectivity index (χ4n) is 1.36. The van der Waals surface area contributed by atoms with Crippen molar-refractivity contribution in [2.24, 2.45) is 0 Å². The molecule has 6 heteroatoms. The van der Waals surface area contributed by atoms with E-state index in [4.69, 9.17) is 5.11 Å². The molecule has 0 bridgehead atoms. The monoisotopic (exact) mass is 317 g/mol. The highest BCUT2D eigenvalue weighted by molar-refractivity contribution is 9.10. The molecule has 0 aromatic heterocycles. The molecule has 0 radical (unpaired) electrons. The van der Waals surface area contributed by atoms with Gasteiger partial charge in [0.2, 0.25) is 5.91 Å². The number of aliphatic carboxylic acids is 1. The summed E-state index contributed by atoms with van der Waals surface area (Å²) in [6, 6.07) is 4.20. The van der Waals surface area contributed by atoms with Crippen LogP contribution in [-0.4, -0.2) is 17.0 Å². The lowest BCUT2D eigenvalue weighted by Gasteiger charge is -2.05. The third kappa shape index (κ3) is 5.27. The zero-order valence-electron chi connectivity index (χ0n) is 9.58. The van der Waals surface area contributed by atoms with Crippen molar-refractivity contribution >= 4 is 33.5 Å². The molecule has 0 saturated heterocycles. The van der Waals surface area contributed by atoms with E-state index in [0.29, 0.717) is 18.5 Å². The maximum Gasteiger partial charge on any atom is 0.303 e. The van der Waals surface area contributed by atoms with Gasteiger partial charge >= 0.3 is 5.97 Å². The average molecular weight is 318 g/mol. The van der Waals surface area contributed by atoms with Crippen LogP contribution in [0.2, 0.25) is 0 Å². The van der Waals surface area contributed by atoms with Gasteiger partial charge in [0.1, 0.15) is 5.82 Å². The molecule has 0 aliphatic heterocycles. The van der Waals surface area contributed by atoms with Crippen LogP contribution < -0.4 is 5.32 Å². The Morgan fingerprint density at radius 3 is 2.56 bits per heavy atom. The van der Waals surface area contributed by atoms with Gasteiger partial charge in [-0.3, -0.25) is 9.59 Å². The summed E-state index contributed by atoms with van der Waals surface area (Å²) in [5.41, 5.74) is 0.506. The van der Waals surface area contributed by atoms with Gasteiger partial charge in [-0.05, 0) is 47.0 Å². The number of amides is 1. The lowest BCUT2D eigenvalue weighted by molar-refractivity contribution is -0.137. The van der Waals surface area contributed by atoms with Crippen molar-refractivity contribution in [2.75, 3.05) is 5.32 Å². The minimum Gasteiger partial charge on any atom is -0.481 e. The van der Waals surface area contributed by atoms with Gasteiger partial charge in [-0.1, -0.05) is 0 Å². The molecule has 0 atom stereocenters. The van der Waals surface area contributed by atoms with E-state index in [9.17, 15) is 14.0 Å². The molecule has 0 heterocycles. The molecule has 4 nitrogen and oxygen atoms in total. The standard InChI is InChI=1S/C12H13BrFNO3/c13-9-7-8(5-6-10(9)14)15-11(16)3-1-2-4-12(17)18/h5-7H,1-4H2,(H,15,16)(H,17,18). The van der Waals surface area contributed by atoms with Crippen molar-refractivity contribution in [1.82, 2.24) is 0 Å². The summed E-state index contributed by atoms with van der Waals surface area (Å²) in [6.07, 6.45) is 1.30. The minimum absolute atomic E-state index is 0.0649. The van der Waals surface area contributed by atoms with Gasteiger partial charge in [-0.15, -0.1) is 0 Å². The van der Waals surface area contributed by atoms with Gasteiger partial charge in [-0.2, -0.15) is 0 Å². The lowest BCUT2D eigenvalue weighted by atomic mass is 10.2. The van der Waals surface area contributed by atoms with Crippen LogP contribution in [-0.2, 0) is 9.59 Å². The average Bonchev–Trinajstić information content (AvgIpc) is 2.29. The van der Waals surface area contributed by atoms with Gasteiger partial charge in [-0.25, -0.2) is 4.39 Å². The zero-order chi connectivity index (χ0) is 13.5. The highest BCUT2D eigenvalue weighted by Gasteiger charge is 2.05. The number of carboxylic acids is 1. The SMILES string of the molecule is O=C(O)CCCCC(=O)Nc1ccc(F)c(Br)c1. The minimum atomic E-state index is -0.863. The number of benzene rings is 1. The first-order valence-corrected chi connectivity index (χ1v) is 6.25. The number of hydrogen-bond acceptors (Lipinski definition) is 2. The second-order valence-corrected chi connectivity index (χ2v) is 4.63. The Hall–Kier alpha value is -1.43. The van der Waals surface area contributed by atoms with E-state index < -0.39 is 11.8 Å². The third-order valence-electron chi connectivity index (χ3n) is 2.25. The first-order valence-electron chi connectivity index (χ1n) is 5.45. The lowest BCUT2D eigenvalue weighted by Crippen LogP contribution is -2.11. The number of hydrogen-bond donors (Lipinski definition) is 2. The number of rotatable bonds is 6. The molecule has 98 valence electrons. The van der Waals surface area contributed by atoms with Gasteiger partial charge in [0, 0.05) is 18.5 Å². The van der Waals surface area contributed by atoms with E-state index in [1.54, 1.807) is 0 Å². The number of carbonyl (C=O) groups excluding carboxylic acids is 1. The Kier molecular flexibility index (Phi) is 5.77. The summed E-state index contributed by atoms with van der Waals surface area (Å²) >= 11 is 3.02. The molecule has 0 aliphatic rings. The fourth-order valence-corrected chi connectivity index (χ4v) is 1.74. The van der Waals surface area contributed by atoms with E-state index in [0.717, 1.165) is 0 Å². The van der Waals surface area contributed by atoms with Crippen molar-refractivity contribution in [2.45, 2.75) is 25.7 Å². The highest BCUT2D eigenvalue weighted by Crippen LogP contribution is 2.20. The Morgan fingerprint density at radius 1 is 1.28 bits per heavy atom. The maximum atomic E-state index is 12.9. The van der Waals surface area contributed by atoms with Crippen molar-refractivity contribution in [3.05, 3.63) is 28.5 Å². The van der Waals surface area contributed by atoms with Gasteiger partial charge in [0.05, 0.1) is 4.47 Å². The summed E-state index contributed by atoms with van der Waals surface area (Å²) in [5, 5.41) is 11.0. The molecule has 0 fully saturated rings. The summed E-state index contributed by atoms with van der Waals surface area (Å²) in [5.74, 6) is -1.47. The van der Waals surface area contributed by atoms with E-state index in [1.807, 2.05) is 0 Å². The molecule has 0 saturated carbocycles. The van der Waals surface area contributed by atoms with Crippen LogP contribution in [0, 0.1) is 5.82 Å². The van der Waals surface area contributed by atoms with Gasteiger partial charge < -0.3 is 10.4 Å². The molecule has 18 heavy (non-hydrogen) atoms. The van der Waals surface area contributed by atoms with Crippen molar-refractivity contribution in [1.29, 1.82) is 0 Å². The second kappa shape index (κ2) is 7.10. The fraction of sp³-hybridized carbons (Fsp3) is 0.333. The van der Waals surface area contributed by atoms with Crippen LogP contribution in [0.4, 0.5) is 10.1 Å². The summed E-state index contributed by atoms with van der Waals surface area (Å²) < 4.78 is 13.2. The summed E-state index contributed by atoms with van der Waals surface area (Å²) in [4.78, 5) is 21.7. The smallest absolute Gasteiger partial charge is 0.303 e. The normalized spacial score (nSPS) is 10.1. The first kappa shape index (κ1) is 14.6. The summed E-state index contributed by atoms with van der Waals surface area (Å²) in [6.45, 7) is 0. The van der Waals surface area contributed by atoms with Crippen LogP contribution in [0.3, 0.4) is 0 Å². The Labute approximate surface area is 112 Å². The van der Waals surface area contributed by atoms with Crippen molar-refractivity contribution in [3.63, 3.8) is 0 Å². The van der Waals surface area contributed by atoms with Crippen LogP contribution in [0.15, 0.2) is 22.7 Å². The van der Waals surface area contributed by atoms with Gasteiger partial charge in [0.25, 0.3) is 0 Å². The van der Waals surface area contributed by atoms with Crippen molar-refractivity contribution in [3.8, 4) is 0 Å². The molecule has 0 aliphatic carbocycles. The molecule has 1 aromatic carbocycles. The first-order chi connectivity index (χ1) is 8.49. The zero-order valence-corrected chi connectivity index (χ0v) is 11.2. The van der Waals surface area contributed by atoms with Crippen LogP contribution >= 0.6 is 15.9 Å². The number of carbonyl (C=O) groups is 2. The molecule has 0 unspecified atom stereocenters. The van der Waals surface area contributed by atoms with E-state index in [2.05, 4.69) is 21.2 Å². The second-order valence-electron chi connectivity index (χ2n) is 3.78. The third-order valence-corrected chi connectivity index (χ3v) is 2.86. The number of anilines is 1. The topological polar surface area (TPSA) is 66.4 Å². The van der Waals surface area contributed by atoms with Gasteiger partial charge in [0.15, 0.2) is 0 Å². The molecule has 1 aromatic rings. The number of halogens is 2. The Balaban J connectivity index is 2.35. The molecule has 2 N–H and O–H groups in total. The van der Waals surface area contributed by atoms with Crippen LogP contribution in [0.25, 0.3) is 0 Å². The molecule has 0 spiro atoms. The van der Waals surface area contributed by atoms with Crippen LogP contribution in [0.5, 0.6) is 0 Å². The maximum absolute atomic E-state index is 12.9. The molecular formula is C12H13BrFNO3. The predicted molar refractivity (Wildman–Crippen MR) is 68.8 cm³/mol. The summed E-state index contributed by atoms with van der Waals surface area (Å²) in [7, 11) is 0. The molecule has 1 rings (SSSR count). The highest BCUT2D eigenvalue weighted by atomic mass is 79.9. The number of unbranched alkanes of at least 4 members (excludes halogenated alkanes) is 1. The Bertz CT molecular complexity index is 451. The molecule has 1 amide bonds. The predicted octanol–water partition coefficient (Wildman–Crippen LogP) is 3.17.